The molecule has 0 unspecified atom stereocenters. The van der Waals surface area contributed by atoms with Gasteiger partial charge in [0.1, 0.15) is 0 Å². The van der Waals surface area contributed by atoms with Crippen LogP contribution < -0.4 is 14.8 Å². The summed E-state index contributed by atoms with van der Waals surface area (Å²) in [5, 5.41) is 12.5. The van der Waals surface area contributed by atoms with E-state index in [-0.39, 0.29) is 12.5 Å². The minimum atomic E-state index is -0.789. The monoisotopic (exact) mass is 312 g/mol. The van der Waals surface area contributed by atoms with Crippen molar-refractivity contribution >= 4 is 23.4 Å². The van der Waals surface area contributed by atoms with Gasteiger partial charge in [0.25, 0.3) is 0 Å². The van der Waals surface area contributed by atoms with Crippen LogP contribution in [0.1, 0.15) is 24.8 Å². The molecule has 1 aromatic rings. The summed E-state index contributed by atoms with van der Waals surface area (Å²) in [5.41, 5.74) is -0.420. The van der Waals surface area contributed by atoms with Gasteiger partial charge in [0.2, 0.25) is 16.9 Å². The topological polar surface area (TPSA) is 97.8 Å². The fourth-order valence-electron chi connectivity index (χ4n) is 3.36. The highest BCUT2D eigenvalue weighted by Gasteiger charge is 2.75. The minimum absolute atomic E-state index is 0.0964. The Labute approximate surface area is 125 Å². The molecule has 2 bridgehead atoms. The lowest BCUT2D eigenvalue weighted by Crippen LogP contribution is -2.70. The maximum atomic E-state index is 12.2. The van der Waals surface area contributed by atoms with Crippen LogP contribution in [0.25, 0.3) is 0 Å². The third-order valence-corrected chi connectivity index (χ3v) is 5.32. The summed E-state index contributed by atoms with van der Waals surface area (Å²) in [5.74, 6) is -0.444. The lowest BCUT2D eigenvalue weighted by Gasteiger charge is -2.66. The molecule has 3 fully saturated rings. The molecule has 3 saturated carbocycles. The molecule has 114 valence electrons. The van der Waals surface area contributed by atoms with Crippen LogP contribution in [0.2, 0.25) is 0 Å². The maximum absolute atomic E-state index is 12.2. The predicted molar refractivity (Wildman–Crippen MR) is 73.4 cm³/mol. The molecule has 21 heavy (non-hydrogen) atoms. The summed E-state index contributed by atoms with van der Waals surface area (Å²) >= 11 is 1.17. The highest BCUT2D eigenvalue weighted by atomic mass is 32.1. The lowest BCUT2D eigenvalue weighted by molar-refractivity contribution is -0.220. The van der Waals surface area contributed by atoms with Crippen molar-refractivity contribution in [3.8, 4) is 10.9 Å². The lowest BCUT2D eigenvalue weighted by atomic mass is 9.35. The molecule has 0 atom stereocenters. The third-order valence-electron chi connectivity index (χ3n) is 4.49. The van der Waals surface area contributed by atoms with E-state index in [0.29, 0.717) is 35.8 Å². The Bertz CT molecular complexity index is 570. The van der Waals surface area contributed by atoms with E-state index < -0.39 is 16.8 Å². The summed E-state index contributed by atoms with van der Waals surface area (Å²) in [4.78, 5) is 23.3. The zero-order chi connectivity index (χ0) is 15.3. The van der Waals surface area contributed by atoms with Gasteiger partial charge in [-0.25, -0.2) is 0 Å². The van der Waals surface area contributed by atoms with Crippen LogP contribution >= 0.6 is 11.5 Å². The Morgan fingerprint density at radius 1 is 1.29 bits per heavy atom. The van der Waals surface area contributed by atoms with Crippen molar-refractivity contribution in [2.45, 2.75) is 25.8 Å². The Morgan fingerprint density at radius 2 is 1.95 bits per heavy atom. The van der Waals surface area contributed by atoms with Crippen LogP contribution in [0.5, 0.6) is 10.9 Å². The molecule has 1 amide bonds. The first-order chi connectivity index (χ1) is 9.96. The standard InChI is InChI=1S/C13H16N2O5S/c1-19-8-7(9(20-2)21-15-8)3-14-10(16)12-4-13(5-12,6-12)11(17)18/h3-6H2,1-2H3,(H,14,16)(H,17,18). The molecular weight excluding hydrogens is 296 g/mol. The van der Waals surface area contributed by atoms with Crippen molar-refractivity contribution in [2.75, 3.05) is 14.2 Å². The van der Waals surface area contributed by atoms with Gasteiger partial charge in [-0.2, -0.15) is 4.37 Å². The Hall–Kier alpha value is -1.83. The van der Waals surface area contributed by atoms with Crippen molar-refractivity contribution in [1.82, 2.24) is 9.69 Å². The highest BCUT2D eigenvalue weighted by molar-refractivity contribution is 7.08. The van der Waals surface area contributed by atoms with Crippen LogP contribution in [0, 0.1) is 10.8 Å². The molecule has 7 nitrogen and oxygen atoms in total. The average Bonchev–Trinajstić information content (AvgIpc) is 2.74. The number of carbonyl (C=O) groups excluding carboxylic acids is 1. The maximum Gasteiger partial charge on any atom is 0.309 e. The summed E-state index contributed by atoms with van der Waals surface area (Å²) in [6.07, 6.45) is 1.33. The number of amides is 1. The molecule has 0 spiro atoms. The van der Waals surface area contributed by atoms with E-state index in [9.17, 15) is 9.59 Å². The van der Waals surface area contributed by atoms with E-state index in [1.807, 2.05) is 0 Å². The number of rotatable bonds is 6. The smallest absolute Gasteiger partial charge is 0.309 e. The van der Waals surface area contributed by atoms with E-state index >= 15 is 0 Å². The van der Waals surface area contributed by atoms with Gasteiger partial charge >= 0.3 is 5.97 Å². The Balaban J connectivity index is 1.61. The van der Waals surface area contributed by atoms with Crippen molar-refractivity contribution in [1.29, 1.82) is 0 Å². The van der Waals surface area contributed by atoms with Gasteiger partial charge in [-0.05, 0) is 19.3 Å². The molecule has 0 saturated heterocycles. The summed E-state index contributed by atoms with van der Waals surface area (Å²) in [6, 6.07) is 0. The second-order valence-corrected chi connectivity index (χ2v) is 6.48. The molecule has 0 aromatic carbocycles. The second kappa shape index (κ2) is 4.59. The number of nitrogens with zero attached hydrogens (tertiary/aromatic N) is 1. The van der Waals surface area contributed by atoms with Gasteiger partial charge in [0.05, 0.1) is 37.2 Å². The number of hydrogen-bond acceptors (Lipinski definition) is 6. The predicted octanol–water partition coefficient (Wildman–Crippen LogP) is 1.03. The van der Waals surface area contributed by atoms with Gasteiger partial charge < -0.3 is 19.9 Å². The molecular formula is C13H16N2O5S. The van der Waals surface area contributed by atoms with E-state index in [1.54, 1.807) is 0 Å². The van der Waals surface area contributed by atoms with Gasteiger partial charge in [0, 0.05) is 11.5 Å². The van der Waals surface area contributed by atoms with Crippen LogP contribution in [0.15, 0.2) is 0 Å². The molecule has 0 aliphatic heterocycles. The number of hydrogen-bond donors (Lipinski definition) is 2. The molecule has 3 aliphatic rings. The molecule has 2 N–H and O–H groups in total. The fourth-order valence-corrected chi connectivity index (χ4v) is 4.06. The first-order valence-corrected chi connectivity index (χ1v) is 7.32. The van der Waals surface area contributed by atoms with E-state index in [0.717, 1.165) is 0 Å². The van der Waals surface area contributed by atoms with Crippen molar-refractivity contribution < 1.29 is 24.2 Å². The number of aromatic nitrogens is 1. The normalized spacial score (nSPS) is 29.0. The van der Waals surface area contributed by atoms with Gasteiger partial charge in [-0.1, -0.05) is 0 Å². The Morgan fingerprint density at radius 3 is 2.48 bits per heavy atom. The molecule has 1 heterocycles. The van der Waals surface area contributed by atoms with Crippen LogP contribution in [0.3, 0.4) is 0 Å². The number of methoxy groups -OCH3 is 2. The second-order valence-electron chi connectivity index (χ2n) is 5.74. The van der Waals surface area contributed by atoms with Gasteiger partial charge in [-0.3, -0.25) is 9.59 Å². The zero-order valence-corrected chi connectivity index (χ0v) is 12.6. The number of nitrogens with one attached hydrogen (secondary N) is 1. The van der Waals surface area contributed by atoms with Crippen molar-refractivity contribution in [3.05, 3.63) is 5.56 Å². The number of carboxylic acid groups (broad SMARTS) is 1. The van der Waals surface area contributed by atoms with Crippen LogP contribution in [0.4, 0.5) is 0 Å². The quantitative estimate of drug-likeness (QED) is 0.814. The number of carboxylic acids is 1. The summed E-state index contributed by atoms with van der Waals surface area (Å²) < 4.78 is 14.4. The molecule has 8 heteroatoms. The first kappa shape index (κ1) is 14.1. The summed E-state index contributed by atoms with van der Waals surface area (Å²) in [6.45, 7) is 0.267. The molecule has 4 rings (SSSR count). The van der Waals surface area contributed by atoms with Crippen molar-refractivity contribution in [2.24, 2.45) is 10.8 Å². The Kier molecular flexibility index (Phi) is 3.09. The SMILES string of the molecule is COc1nsc(OC)c1CNC(=O)C12CC(C(=O)O)(C1)C2. The van der Waals surface area contributed by atoms with E-state index in [2.05, 4.69) is 9.69 Å². The number of carbonyl (C=O) groups is 2. The van der Waals surface area contributed by atoms with Gasteiger partial charge in [0.15, 0.2) is 0 Å². The first-order valence-electron chi connectivity index (χ1n) is 6.55. The van der Waals surface area contributed by atoms with Crippen LogP contribution in [-0.2, 0) is 16.1 Å². The fraction of sp³-hybridized carbons (Fsp3) is 0.615. The molecule has 1 aromatic heterocycles. The summed E-state index contributed by atoms with van der Waals surface area (Å²) in [7, 11) is 3.05. The third kappa shape index (κ3) is 1.89. The molecule has 0 radical (unpaired) electrons. The highest BCUT2D eigenvalue weighted by Crippen LogP contribution is 2.73. The number of ether oxygens (including phenoxy) is 2. The van der Waals surface area contributed by atoms with Gasteiger partial charge in [-0.15, -0.1) is 0 Å². The van der Waals surface area contributed by atoms with E-state index in [4.69, 9.17) is 14.6 Å². The molecule has 3 aliphatic carbocycles. The van der Waals surface area contributed by atoms with Crippen LogP contribution in [-0.4, -0.2) is 35.6 Å². The largest absolute Gasteiger partial charge is 0.486 e. The van der Waals surface area contributed by atoms with E-state index in [1.165, 1.54) is 25.8 Å². The number of aliphatic carboxylic acids is 1. The van der Waals surface area contributed by atoms with Crippen molar-refractivity contribution in [3.63, 3.8) is 0 Å². The zero-order valence-electron chi connectivity index (χ0n) is 11.8. The average molecular weight is 312 g/mol. The minimum Gasteiger partial charge on any atom is -0.486 e.